The second-order valence-corrected chi connectivity index (χ2v) is 11.1. The number of primary amides is 1. The molecule has 0 heterocycles. The van der Waals surface area contributed by atoms with Gasteiger partial charge < -0.3 is 31.1 Å². The molecule has 0 saturated heterocycles. The maximum absolute atomic E-state index is 14.1. The summed E-state index contributed by atoms with van der Waals surface area (Å²) in [6.45, 7) is 0. The molecule has 3 aliphatic carbocycles. The summed E-state index contributed by atoms with van der Waals surface area (Å²) in [5.74, 6) is -0.970. The van der Waals surface area contributed by atoms with E-state index in [1.807, 2.05) is 35.2 Å². The molecule has 0 bridgehead atoms. The number of ketones is 2. The molecule has 212 valence electrons. The van der Waals surface area contributed by atoms with Crippen molar-refractivity contribution in [2.24, 2.45) is 17.6 Å². The van der Waals surface area contributed by atoms with E-state index in [0.29, 0.717) is 16.8 Å². The van der Waals surface area contributed by atoms with Crippen LogP contribution in [0.5, 0.6) is 5.75 Å². The lowest BCUT2D eigenvalue weighted by Crippen LogP contribution is -2.65. The standard InChI is InChI=1S/C31H31N3O7/c1-33(2)20-14-16(11-10-15-8-6-5-7-9-15)25(35)22-18(20)12-17-13-19-24(34(3)4)27(37)23(30(32)40)29(39)31(19,41)28(38)21(17)26(22)36/h5-9,14,17,19,24,35-36,39,41H,12-13H2,1-4H3,(H2,32,40). The van der Waals surface area contributed by atoms with Gasteiger partial charge in [-0.15, -0.1) is 0 Å². The number of Topliss-reactive ketones (excluding diaryl/α,β-unsaturated/α-hetero) is 2. The first-order chi connectivity index (χ1) is 19.3. The van der Waals surface area contributed by atoms with E-state index in [1.165, 1.54) is 4.90 Å². The number of hydrogen-bond acceptors (Lipinski definition) is 9. The van der Waals surface area contributed by atoms with Gasteiger partial charge in [0.15, 0.2) is 11.4 Å². The van der Waals surface area contributed by atoms with Crippen LogP contribution in [0.1, 0.15) is 28.7 Å². The van der Waals surface area contributed by atoms with E-state index in [1.54, 1.807) is 34.3 Å². The summed E-state index contributed by atoms with van der Waals surface area (Å²) < 4.78 is 0. The quantitative estimate of drug-likeness (QED) is 0.277. The highest BCUT2D eigenvalue weighted by Gasteiger charge is 2.64. The Morgan fingerprint density at radius 3 is 2.29 bits per heavy atom. The molecule has 1 fully saturated rings. The van der Waals surface area contributed by atoms with Crippen molar-refractivity contribution in [1.29, 1.82) is 0 Å². The Bertz CT molecular complexity index is 1630. The van der Waals surface area contributed by atoms with Gasteiger partial charge in [0, 0.05) is 36.8 Å². The van der Waals surface area contributed by atoms with E-state index >= 15 is 0 Å². The molecule has 2 aromatic carbocycles. The van der Waals surface area contributed by atoms with E-state index < -0.39 is 58.0 Å². The average Bonchev–Trinajstić information content (AvgIpc) is 2.90. The lowest BCUT2D eigenvalue weighted by Gasteiger charge is -2.50. The third kappa shape index (κ3) is 4.08. The number of amides is 1. The van der Waals surface area contributed by atoms with Gasteiger partial charge in [-0.25, -0.2) is 0 Å². The lowest BCUT2D eigenvalue weighted by molar-refractivity contribution is -0.153. The average molecular weight is 558 g/mol. The van der Waals surface area contributed by atoms with E-state index in [9.17, 15) is 34.8 Å². The van der Waals surface area contributed by atoms with Crippen LogP contribution in [0.3, 0.4) is 0 Å². The Morgan fingerprint density at radius 2 is 1.71 bits per heavy atom. The number of aliphatic hydroxyl groups is 3. The van der Waals surface area contributed by atoms with Gasteiger partial charge in [-0.1, -0.05) is 30.0 Å². The number of hydrogen-bond donors (Lipinski definition) is 5. The molecule has 2 aromatic rings. The maximum Gasteiger partial charge on any atom is 0.255 e. The molecule has 1 saturated carbocycles. The number of aliphatic hydroxyl groups excluding tert-OH is 2. The van der Waals surface area contributed by atoms with Crippen LogP contribution in [0, 0.1) is 23.7 Å². The Kier molecular flexibility index (Phi) is 6.68. The van der Waals surface area contributed by atoms with Crippen LogP contribution in [0.2, 0.25) is 0 Å². The van der Waals surface area contributed by atoms with Crippen molar-refractivity contribution in [3.8, 4) is 17.6 Å². The molecule has 6 N–H and O–H groups in total. The molecule has 0 radical (unpaired) electrons. The van der Waals surface area contributed by atoms with Crippen molar-refractivity contribution in [3.63, 3.8) is 0 Å². The molecule has 4 atom stereocenters. The third-order valence-corrected chi connectivity index (χ3v) is 8.29. The van der Waals surface area contributed by atoms with Crippen molar-refractivity contribution in [2.75, 3.05) is 33.1 Å². The zero-order chi connectivity index (χ0) is 30.0. The number of anilines is 1. The van der Waals surface area contributed by atoms with Crippen LogP contribution in [0.15, 0.2) is 53.3 Å². The molecular formula is C31H31N3O7. The minimum absolute atomic E-state index is 0.00449. The number of carbonyl (C=O) groups excluding carboxylic acids is 3. The van der Waals surface area contributed by atoms with Gasteiger partial charge >= 0.3 is 0 Å². The largest absolute Gasteiger partial charge is 0.508 e. The molecule has 0 spiro atoms. The summed E-state index contributed by atoms with van der Waals surface area (Å²) >= 11 is 0. The fraction of sp³-hybridized carbons (Fsp3) is 0.323. The number of nitrogens with two attached hydrogens (primary N) is 1. The number of benzene rings is 2. The Labute approximate surface area is 237 Å². The second kappa shape index (κ2) is 9.80. The van der Waals surface area contributed by atoms with Crippen molar-refractivity contribution in [3.05, 3.63) is 75.6 Å². The first kappa shape index (κ1) is 28.0. The lowest BCUT2D eigenvalue weighted by atomic mass is 9.57. The summed E-state index contributed by atoms with van der Waals surface area (Å²) in [6, 6.07) is 9.72. The van der Waals surface area contributed by atoms with Gasteiger partial charge in [0.1, 0.15) is 22.8 Å². The van der Waals surface area contributed by atoms with Gasteiger partial charge in [-0.3, -0.25) is 19.3 Å². The van der Waals surface area contributed by atoms with Crippen LogP contribution >= 0.6 is 0 Å². The van der Waals surface area contributed by atoms with Crippen LogP contribution in [-0.2, 0) is 20.8 Å². The fourth-order valence-corrected chi connectivity index (χ4v) is 6.45. The highest BCUT2D eigenvalue weighted by molar-refractivity contribution is 6.24. The first-order valence-electron chi connectivity index (χ1n) is 13.1. The molecule has 10 nitrogen and oxygen atoms in total. The number of nitrogens with zero attached hydrogens (tertiary/aromatic N) is 2. The minimum Gasteiger partial charge on any atom is -0.508 e. The number of rotatable bonds is 3. The van der Waals surface area contributed by atoms with Gasteiger partial charge in [0.25, 0.3) is 5.91 Å². The van der Waals surface area contributed by atoms with Crippen LogP contribution in [-0.4, -0.2) is 82.6 Å². The molecule has 0 aromatic heterocycles. The van der Waals surface area contributed by atoms with Crippen LogP contribution in [0.4, 0.5) is 5.69 Å². The fourth-order valence-electron chi connectivity index (χ4n) is 6.45. The van der Waals surface area contributed by atoms with Gasteiger partial charge in [-0.05, 0) is 56.6 Å². The number of phenols is 1. The Hall–Kier alpha value is -4.59. The van der Waals surface area contributed by atoms with Gasteiger partial charge in [-0.2, -0.15) is 0 Å². The van der Waals surface area contributed by atoms with Crippen molar-refractivity contribution in [2.45, 2.75) is 24.5 Å². The monoisotopic (exact) mass is 557 g/mol. The predicted molar refractivity (Wildman–Crippen MR) is 151 cm³/mol. The smallest absolute Gasteiger partial charge is 0.255 e. The Balaban J connectivity index is 1.73. The number of carbonyl (C=O) groups is 3. The molecule has 5 rings (SSSR count). The molecular weight excluding hydrogens is 526 g/mol. The first-order valence-corrected chi connectivity index (χ1v) is 13.1. The van der Waals surface area contributed by atoms with Gasteiger partial charge in [0.05, 0.1) is 17.2 Å². The maximum atomic E-state index is 14.1. The van der Waals surface area contributed by atoms with Gasteiger partial charge in [0.2, 0.25) is 5.78 Å². The summed E-state index contributed by atoms with van der Waals surface area (Å²) in [4.78, 5) is 42.7. The zero-order valence-electron chi connectivity index (χ0n) is 23.1. The third-order valence-electron chi connectivity index (χ3n) is 8.29. The molecule has 0 aliphatic heterocycles. The molecule has 1 amide bonds. The Morgan fingerprint density at radius 1 is 1.05 bits per heavy atom. The predicted octanol–water partition coefficient (Wildman–Crippen LogP) is 1.43. The van der Waals surface area contributed by atoms with Crippen molar-refractivity contribution >= 4 is 28.9 Å². The topological polar surface area (TPSA) is 165 Å². The van der Waals surface area contributed by atoms with E-state index in [-0.39, 0.29) is 35.3 Å². The molecule has 10 heteroatoms. The summed E-state index contributed by atoms with van der Waals surface area (Å²) in [6.07, 6.45) is 0.219. The molecule has 4 unspecified atom stereocenters. The summed E-state index contributed by atoms with van der Waals surface area (Å²) in [5.41, 5.74) is 3.82. The number of phenolic OH excluding ortho intramolecular Hbond substituents is 1. The highest BCUT2D eigenvalue weighted by atomic mass is 16.3. The summed E-state index contributed by atoms with van der Waals surface area (Å²) in [5, 5.41) is 45.7. The van der Waals surface area contributed by atoms with Crippen LogP contribution < -0.4 is 10.6 Å². The van der Waals surface area contributed by atoms with Crippen LogP contribution in [0.25, 0.3) is 5.76 Å². The normalized spacial score (nSPS) is 25.3. The van der Waals surface area contributed by atoms with E-state index in [2.05, 4.69) is 11.8 Å². The SMILES string of the molecule is CN(C)c1cc(C#Cc2ccccc2)c(O)c2c1CC1CC3C(N(C)C)C(=O)C(C(N)=O)=C(O)C3(O)C(=O)C1=C2O. The zero-order valence-corrected chi connectivity index (χ0v) is 23.1. The number of likely N-dealkylation sites (N-methyl/N-ethyl adjacent to an activating group) is 1. The highest BCUT2D eigenvalue weighted by Crippen LogP contribution is 2.54. The van der Waals surface area contributed by atoms with E-state index in [4.69, 9.17) is 5.73 Å². The van der Waals surface area contributed by atoms with Crippen molar-refractivity contribution in [1.82, 2.24) is 4.90 Å². The number of fused-ring (bicyclic) bond motifs is 3. The van der Waals surface area contributed by atoms with E-state index in [0.717, 1.165) is 0 Å². The molecule has 3 aliphatic rings. The van der Waals surface area contributed by atoms with Crippen molar-refractivity contribution < 1.29 is 34.8 Å². The summed E-state index contributed by atoms with van der Waals surface area (Å²) in [7, 11) is 6.73. The number of aromatic hydroxyl groups is 1. The minimum atomic E-state index is -2.69. The molecule has 41 heavy (non-hydrogen) atoms. The second-order valence-electron chi connectivity index (χ2n) is 11.1.